The molecule has 0 bridgehead atoms. The van der Waals surface area contributed by atoms with E-state index in [1.807, 2.05) is 6.92 Å². The zero-order valence-corrected chi connectivity index (χ0v) is 28.4. The molecule has 0 radical (unpaired) electrons. The van der Waals surface area contributed by atoms with Crippen LogP contribution in [-0.4, -0.2) is 131 Å². The van der Waals surface area contributed by atoms with Crippen LogP contribution in [-0.2, 0) is 28.6 Å². The summed E-state index contributed by atoms with van der Waals surface area (Å²) in [5, 5.41) is 10.2. The van der Waals surface area contributed by atoms with Crippen LogP contribution in [0.1, 0.15) is 33.1 Å². The van der Waals surface area contributed by atoms with Crippen LogP contribution in [0.5, 0.6) is 0 Å². The molecule has 0 aromatic carbocycles. The maximum Gasteiger partial charge on any atom is 0.410 e. The van der Waals surface area contributed by atoms with Crippen molar-refractivity contribution >= 4 is 41.7 Å². The standard InChI is InChI=1S/C33H46N4O9S/c1-8-11-44-31(41)27-28(19(4)26-25(20(5)38)30(40)37(26)27)47-23-16-22(35(18-23)32(42)45-12-9-2)14-21-15-24(29(39)34(6)7)36(17-21)33(43)46-13-10-3/h8-10,19-26,38H,1-3,11-18H2,4-7H3/t19-,20-,21?,22-,23+,24+,25-,26-/m1/s1. The first-order valence-corrected chi connectivity index (χ1v) is 16.7. The van der Waals surface area contributed by atoms with Gasteiger partial charge in [0.2, 0.25) is 11.8 Å². The number of esters is 1. The Morgan fingerprint density at radius 2 is 1.57 bits per heavy atom. The molecule has 4 rings (SSSR count). The summed E-state index contributed by atoms with van der Waals surface area (Å²) in [5.41, 5.74) is 0.176. The molecule has 47 heavy (non-hydrogen) atoms. The maximum absolute atomic E-state index is 13.3. The van der Waals surface area contributed by atoms with Gasteiger partial charge >= 0.3 is 18.2 Å². The summed E-state index contributed by atoms with van der Waals surface area (Å²) in [6.45, 7) is 14.9. The van der Waals surface area contributed by atoms with Gasteiger partial charge in [0.15, 0.2) is 0 Å². The van der Waals surface area contributed by atoms with Crippen LogP contribution in [0, 0.1) is 17.8 Å². The van der Waals surface area contributed by atoms with Crippen LogP contribution in [0.4, 0.5) is 9.59 Å². The van der Waals surface area contributed by atoms with Gasteiger partial charge in [0.25, 0.3) is 0 Å². The molecule has 14 heteroatoms. The van der Waals surface area contributed by atoms with E-state index in [9.17, 15) is 29.1 Å². The highest BCUT2D eigenvalue weighted by molar-refractivity contribution is 8.03. The van der Waals surface area contributed by atoms with Crippen molar-refractivity contribution in [2.24, 2.45) is 17.8 Å². The first kappa shape index (κ1) is 36.1. The van der Waals surface area contributed by atoms with E-state index in [4.69, 9.17) is 14.2 Å². The molecule has 3 saturated heterocycles. The summed E-state index contributed by atoms with van der Waals surface area (Å²) in [5.74, 6) is -2.15. The zero-order valence-electron chi connectivity index (χ0n) is 27.5. The third kappa shape index (κ3) is 7.38. The molecule has 3 fully saturated rings. The largest absolute Gasteiger partial charge is 0.457 e. The molecular formula is C33H46N4O9S. The van der Waals surface area contributed by atoms with E-state index in [1.54, 1.807) is 25.9 Å². The molecule has 1 N–H and O–H groups in total. The number of aliphatic hydroxyl groups is 1. The Labute approximate surface area is 280 Å². The van der Waals surface area contributed by atoms with Crippen LogP contribution >= 0.6 is 11.8 Å². The third-order valence-corrected chi connectivity index (χ3v) is 10.6. The van der Waals surface area contributed by atoms with Gasteiger partial charge in [0.1, 0.15) is 31.6 Å². The van der Waals surface area contributed by atoms with Crippen molar-refractivity contribution in [1.29, 1.82) is 0 Å². The monoisotopic (exact) mass is 674 g/mol. The van der Waals surface area contributed by atoms with E-state index in [-0.39, 0.29) is 73.0 Å². The van der Waals surface area contributed by atoms with Gasteiger partial charge in [-0.05, 0) is 32.1 Å². The highest BCUT2D eigenvalue weighted by Gasteiger charge is 2.60. The molecule has 0 aromatic rings. The van der Waals surface area contributed by atoms with Crippen molar-refractivity contribution in [2.45, 2.75) is 62.6 Å². The Balaban J connectivity index is 1.57. The number of thioether (sulfide) groups is 1. The average molecular weight is 675 g/mol. The minimum atomic E-state index is -0.879. The number of likely N-dealkylation sites (tertiary alicyclic amines) is 2. The van der Waals surface area contributed by atoms with E-state index < -0.39 is 36.2 Å². The number of carbonyl (C=O) groups excluding carboxylic acids is 5. The van der Waals surface area contributed by atoms with Gasteiger partial charge in [-0.3, -0.25) is 14.5 Å². The van der Waals surface area contributed by atoms with Gasteiger partial charge in [0.05, 0.1) is 18.1 Å². The van der Waals surface area contributed by atoms with E-state index in [2.05, 4.69) is 19.7 Å². The van der Waals surface area contributed by atoms with Crippen LogP contribution in [0.25, 0.3) is 0 Å². The lowest BCUT2D eigenvalue weighted by atomic mass is 9.79. The van der Waals surface area contributed by atoms with Crippen LogP contribution < -0.4 is 0 Å². The number of likely N-dealkylation sites (N-methyl/N-ethyl adjacent to an activating group) is 1. The van der Waals surface area contributed by atoms with Gasteiger partial charge in [-0.2, -0.15) is 0 Å². The maximum atomic E-state index is 13.3. The first-order chi connectivity index (χ1) is 22.4. The van der Waals surface area contributed by atoms with Crippen molar-refractivity contribution in [3.63, 3.8) is 0 Å². The molecule has 13 nitrogen and oxygen atoms in total. The number of rotatable bonds is 13. The molecule has 0 saturated carbocycles. The van der Waals surface area contributed by atoms with Gasteiger partial charge in [-0.1, -0.05) is 44.9 Å². The quantitative estimate of drug-likeness (QED) is 0.134. The molecule has 0 aromatic heterocycles. The second kappa shape index (κ2) is 15.4. The fraction of sp³-hybridized carbons (Fsp3) is 0.606. The summed E-state index contributed by atoms with van der Waals surface area (Å²) < 4.78 is 16.1. The lowest BCUT2D eigenvalue weighted by Crippen LogP contribution is -2.63. The number of amides is 4. The van der Waals surface area contributed by atoms with Crippen LogP contribution in [0.15, 0.2) is 48.6 Å². The summed E-state index contributed by atoms with van der Waals surface area (Å²) in [7, 11) is 3.28. The number of ether oxygens (including phenoxy) is 3. The first-order valence-electron chi connectivity index (χ1n) is 15.9. The minimum Gasteiger partial charge on any atom is -0.457 e. The Morgan fingerprint density at radius 3 is 2.15 bits per heavy atom. The van der Waals surface area contributed by atoms with Crippen LogP contribution in [0.2, 0.25) is 0 Å². The Kier molecular flexibility index (Phi) is 11.8. The van der Waals surface area contributed by atoms with Crippen molar-refractivity contribution in [3.05, 3.63) is 48.6 Å². The Morgan fingerprint density at radius 1 is 0.979 bits per heavy atom. The summed E-state index contributed by atoms with van der Waals surface area (Å²) in [6.07, 6.45) is 3.87. The predicted octanol–water partition coefficient (Wildman–Crippen LogP) is 2.77. The van der Waals surface area contributed by atoms with Gasteiger partial charge < -0.3 is 34.0 Å². The second-order valence-corrected chi connectivity index (χ2v) is 13.9. The van der Waals surface area contributed by atoms with Crippen molar-refractivity contribution in [3.8, 4) is 0 Å². The molecule has 0 aliphatic carbocycles. The predicted molar refractivity (Wildman–Crippen MR) is 175 cm³/mol. The lowest BCUT2D eigenvalue weighted by molar-refractivity contribution is -0.164. The molecule has 4 heterocycles. The van der Waals surface area contributed by atoms with Gasteiger partial charge in [-0.25, -0.2) is 14.4 Å². The SMILES string of the molecule is C=CCOC(=O)C1=C(S[C@H]2C[C@@H](CC3C[C@@H](C(=O)N(C)C)N(C(=O)OCC=C)C3)N(C(=O)OCC=C)C2)[C@H](C)[C@@H]2[C@@H]([C@@H](C)O)C(=O)N12. The summed E-state index contributed by atoms with van der Waals surface area (Å²) in [6, 6.07) is -1.36. The average Bonchev–Trinajstić information content (AvgIpc) is 3.70. The normalized spacial score (nSPS) is 28.7. The Bertz CT molecular complexity index is 1320. The number of aliphatic hydroxyl groups excluding tert-OH is 1. The molecule has 0 spiro atoms. The Hall–Kier alpha value is -3.78. The van der Waals surface area contributed by atoms with Gasteiger partial charge in [-0.15, -0.1) is 11.8 Å². The topological polar surface area (TPSA) is 146 Å². The molecule has 4 aliphatic rings. The van der Waals surface area contributed by atoms with E-state index >= 15 is 0 Å². The van der Waals surface area contributed by atoms with E-state index in [0.717, 1.165) is 0 Å². The third-order valence-electron chi connectivity index (χ3n) is 9.14. The fourth-order valence-electron chi connectivity index (χ4n) is 7.10. The van der Waals surface area contributed by atoms with Gasteiger partial charge in [0, 0.05) is 49.3 Å². The molecular weight excluding hydrogens is 628 g/mol. The number of fused-ring (bicyclic) bond motifs is 1. The smallest absolute Gasteiger partial charge is 0.410 e. The highest BCUT2D eigenvalue weighted by Crippen LogP contribution is 2.52. The molecule has 258 valence electrons. The fourth-order valence-corrected chi connectivity index (χ4v) is 8.66. The molecule has 1 unspecified atom stereocenters. The number of carbonyl (C=O) groups is 5. The van der Waals surface area contributed by atoms with Crippen molar-refractivity contribution < 1.29 is 43.3 Å². The minimum absolute atomic E-state index is 0.0204. The van der Waals surface area contributed by atoms with Crippen molar-refractivity contribution in [2.75, 3.05) is 47.0 Å². The highest BCUT2D eigenvalue weighted by atomic mass is 32.2. The van der Waals surface area contributed by atoms with E-state index in [0.29, 0.717) is 30.7 Å². The summed E-state index contributed by atoms with van der Waals surface area (Å²) in [4.78, 5) is 72.2. The van der Waals surface area contributed by atoms with E-state index in [1.165, 1.54) is 44.7 Å². The molecule has 4 amide bonds. The lowest BCUT2D eigenvalue weighted by Gasteiger charge is -2.46. The molecule has 4 aliphatic heterocycles. The number of β-lactam (4-membered cyclic amide) rings is 1. The number of hydrogen-bond donors (Lipinski definition) is 1. The summed E-state index contributed by atoms with van der Waals surface area (Å²) >= 11 is 1.44. The number of hydrogen-bond acceptors (Lipinski definition) is 10. The molecule has 8 atom stereocenters. The van der Waals surface area contributed by atoms with Crippen molar-refractivity contribution in [1.82, 2.24) is 19.6 Å². The van der Waals surface area contributed by atoms with Crippen LogP contribution in [0.3, 0.4) is 0 Å². The second-order valence-electron chi connectivity index (χ2n) is 12.6. The number of nitrogens with zero attached hydrogens (tertiary/aromatic N) is 4. The zero-order chi connectivity index (χ0) is 34.6.